The molecule has 0 radical (unpaired) electrons. The van der Waals surface area contributed by atoms with Gasteiger partial charge < -0.3 is 10.2 Å². The van der Waals surface area contributed by atoms with Crippen molar-refractivity contribution in [3.05, 3.63) is 40.0 Å². The first kappa shape index (κ1) is 16.4. The van der Waals surface area contributed by atoms with Gasteiger partial charge in [0.2, 0.25) is 0 Å². The lowest BCUT2D eigenvalue weighted by atomic mass is 9.96. The summed E-state index contributed by atoms with van der Waals surface area (Å²) in [6, 6.07) is 7.84. The van der Waals surface area contributed by atoms with Crippen molar-refractivity contribution in [3.8, 4) is 0 Å². The van der Waals surface area contributed by atoms with E-state index in [1.807, 2.05) is 43.1 Å². The van der Waals surface area contributed by atoms with Crippen molar-refractivity contribution in [2.24, 2.45) is 5.92 Å². The molecule has 1 amide bonds. The highest BCUT2D eigenvalue weighted by molar-refractivity contribution is 9.10. The Morgan fingerprint density at radius 2 is 2.26 bits per heavy atom. The zero-order valence-electron chi connectivity index (χ0n) is 13.6. The highest BCUT2D eigenvalue weighted by atomic mass is 79.9. The Labute approximate surface area is 145 Å². The highest BCUT2D eigenvalue weighted by Gasteiger charge is 2.25. The summed E-state index contributed by atoms with van der Waals surface area (Å²) in [7, 11) is 1.97. The van der Waals surface area contributed by atoms with Crippen LogP contribution in [0.25, 0.3) is 10.9 Å². The van der Waals surface area contributed by atoms with Crippen LogP contribution in [0.3, 0.4) is 0 Å². The number of hydrogen-bond donors (Lipinski definition) is 1. The molecule has 1 aromatic carbocycles. The molecule has 0 aliphatic carbocycles. The number of amides is 1. The number of aryl methyl sites for hydroxylation is 1. The number of benzene rings is 1. The molecule has 1 saturated heterocycles. The van der Waals surface area contributed by atoms with Gasteiger partial charge in [-0.2, -0.15) is 0 Å². The molecule has 2 aromatic rings. The Hall–Kier alpha value is -1.46. The zero-order valence-corrected chi connectivity index (χ0v) is 15.2. The van der Waals surface area contributed by atoms with Gasteiger partial charge in [-0.15, -0.1) is 0 Å². The summed E-state index contributed by atoms with van der Waals surface area (Å²) in [5, 5.41) is 4.16. The normalized spacial score (nSPS) is 18.4. The van der Waals surface area contributed by atoms with Crippen LogP contribution in [0.2, 0.25) is 0 Å². The van der Waals surface area contributed by atoms with E-state index < -0.39 is 0 Å². The van der Waals surface area contributed by atoms with Gasteiger partial charge in [0.25, 0.3) is 5.91 Å². The summed E-state index contributed by atoms with van der Waals surface area (Å²) in [5.74, 6) is 0.671. The van der Waals surface area contributed by atoms with Gasteiger partial charge in [-0.1, -0.05) is 22.0 Å². The van der Waals surface area contributed by atoms with E-state index in [0.717, 1.165) is 52.7 Å². The number of piperidine rings is 1. The van der Waals surface area contributed by atoms with Gasteiger partial charge in [0, 0.05) is 28.6 Å². The summed E-state index contributed by atoms with van der Waals surface area (Å²) in [4.78, 5) is 19.6. The molecule has 1 N–H and O–H groups in total. The maximum atomic E-state index is 13.1. The second kappa shape index (κ2) is 6.97. The third-order valence-electron chi connectivity index (χ3n) is 4.43. The molecule has 1 aromatic heterocycles. The van der Waals surface area contributed by atoms with Crippen molar-refractivity contribution >= 4 is 32.7 Å². The first-order valence-electron chi connectivity index (χ1n) is 8.09. The number of rotatable bonds is 3. The van der Waals surface area contributed by atoms with E-state index in [4.69, 9.17) is 0 Å². The standard InChI is InChI=1S/C18H22BrN3O/c1-12-8-16(15-6-5-14(19)9-17(15)21-12)18(23)22-7-3-4-13(11-22)10-20-2/h5-6,8-9,13,20H,3-4,7,10-11H2,1-2H3/t13-/m0/s1. The van der Waals surface area contributed by atoms with Crippen LogP contribution >= 0.6 is 15.9 Å². The lowest BCUT2D eigenvalue weighted by molar-refractivity contribution is 0.0676. The largest absolute Gasteiger partial charge is 0.338 e. The van der Waals surface area contributed by atoms with E-state index in [1.165, 1.54) is 6.42 Å². The number of nitrogens with one attached hydrogen (secondary N) is 1. The van der Waals surface area contributed by atoms with Gasteiger partial charge in [0.05, 0.1) is 11.1 Å². The number of carbonyl (C=O) groups excluding carboxylic acids is 1. The number of nitrogens with zero attached hydrogens (tertiary/aromatic N) is 2. The fourth-order valence-corrected chi connectivity index (χ4v) is 3.74. The van der Waals surface area contributed by atoms with Crippen LogP contribution in [0, 0.1) is 12.8 Å². The van der Waals surface area contributed by atoms with Crippen molar-refractivity contribution in [2.45, 2.75) is 19.8 Å². The monoisotopic (exact) mass is 375 g/mol. The van der Waals surface area contributed by atoms with Crippen LogP contribution in [0.1, 0.15) is 28.9 Å². The number of aromatic nitrogens is 1. The molecule has 3 rings (SSSR count). The van der Waals surface area contributed by atoms with Crippen LogP contribution in [0.15, 0.2) is 28.7 Å². The summed E-state index contributed by atoms with van der Waals surface area (Å²) >= 11 is 3.48. The minimum atomic E-state index is 0.128. The van der Waals surface area contributed by atoms with Crippen molar-refractivity contribution < 1.29 is 4.79 Å². The Morgan fingerprint density at radius 1 is 1.43 bits per heavy atom. The molecule has 2 heterocycles. The minimum absolute atomic E-state index is 0.128. The van der Waals surface area contributed by atoms with Gasteiger partial charge >= 0.3 is 0 Å². The Morgan fingerprint density at radius 3 is 3.04 bits per heavy atom. The molecule has 1 aliphatic heterocycles. The maximum Gasteiger partial charge on any atom is 0.254 e. The van der Waals surface area contributed by atoms with E-state index in [0.29, 0.717) is 5.92 Å². The SMILES string of the molecule is CNC[C@@H]1CCCN(C(=O)c2cc(C)nc3cc(Br)ccc23)C1. The maximum absolute atomic E-state index is 13.1. The predicted octanol–water partition coefficient (Wildman–Crippen LogP) is 3.38. The fourth-order valence-electron chi connectivity index (χ4n) is 3.39. The first-order chi connectivity index (χ1) is 11.1. The molecule has 5 heteroatoms. The zero-order chi connectivity index (χ0) is 16.4. The second-order valence-corrected chi connectivity index (χ2v) is 7.21. The van der Waals surface area contributed by atoms with Crippen LogP contribution in [-0.4, -0.2) is 42.5 Å². The predicted molar refractivity (Wildman–Crippen MR) is 96.7 cm³/mol. The van der Waals surface area contributed by atoms with Gasteiger partial charge in [-0.3, -0.25) is 9.78 Å². The van der Waals surface area contributed by atoms with Crippen molar-refractivity contribution in [3.63, 3.8) is 0 Å². The fraction of sp³-hybridized carbons (Fsp3) is 0.444. The third kappa shape index (κ3) is 3.56. The Bertz CT molecular complexity index is 724. The van der Waals surface area contributed by atoms with Crippen LogP contribution in [-0.2, 0) is 0 Å². The van der Waals surface area contributed by atoms with E-state index in [9.17, 15) is 4.79 Å². The number of carbonyl (C=O) groups is 1. The number of hydrogen-bond acceptors (Lipinski definition) is 3. The number of fused-ring (bicyclic) bond motifs is 1. The van der Waals surface area contributed by atoms with Crippen LogP contribution < -0.4 is 5.32 Å². The molecule has 0 unspecified atom stereocenters. The molecular weight excluding hydrogens is 354 g/mol. The molecule has 122 valence electrons. The molecule has 0 saturated carbocycles. The van der Waals surface area contributed by atoms with Crippen molar-refractivity contribution in [1.29, 1.82) is 0 Å². The summed E-state index contributed by atoms with van der Waals surface area (Å²) in [5.41, 5.74) is 2.51. The van der Waals surface area contributed by atoms with Crippen LogP contribution in [0.5, 0.6) is 0 Å². The quantitative estimate of drug-likeness (QED) is 0.894. The Kier molecular flexibility index (Phi) is 4.97. The number of pyridine rings is 1. The molecule has 0 bridgehead atoms. The molecule has 1 aliphatic rings. The average Bonchev–Trinajstić information content (AvgIpc) is 2.53. The minimum Gasteiger partial charge on any atom is -0.338 e. The van der Waals surface area contributed by atoms with E-state index in [1.54, 1.807) is 0 Å². The Balaban J connectivity index is 1.94. The molecule has 1 atom stereocenters. The van der Waals surface area contributed by atoms with Gasteiger partial charge in [0.15, 0.2) is 0 Å². The van der Waals surface area contributed by atoms with E-state index >= 15 is 0 Å². The molecule has 23 heavy (non-hydrogen) atoms. The topological polar surface area (TPSA) is 45.2 Å². The average molecular weight is 376 g/mol. The molecule has 1 fully saturated rings. The first-order valence-corrected chi connectivity index (χ1v) is 8.88. The van der Waals surface area contributed by atoms with Gasteiger partial charge in [0.1, 0.15) is 0 Å². The summed E-state index contributed by atoms with van der Waals surface area (Å²) in [6.45, 7) is 4.58. The van der Waals surface area contributed by atoms with Gasteiger partial charge in [-0.05, 0) is 57.5 Å². The van der Waals surface area contributed by atoms with E-state index in [-0.39, 0.29) is 5.91 Å². The van der Waals surface area contributed by atoms with Crippen LogP contribution in [0.4, 0.5) is 0 Å². The van der Waals surface area contributed by atoms with Gasteiger partial charge in [-0.25, -0.2) is 0 Å². The molecule has 0 spiro atoms. The lowest BCUT2D eigenvalue weighted by Crippen LogP contribution is -2.42. The number of halogens is 1. The van der Waals surface area contributed by atoms with E-state index in [2.05, 4.69) is 26.2 Å². The second-order valence-electron chi connectivity index (χ2n) is 6.29. The lowest BCUT2D eigenvalue weighted by Gasteiger charge is -2.33. The summed E-state index contributed by atoms with van der Waals surface area (Å²) < 4.78 is 0.980. The van der Waals surface area contributed by atoms with Crippen molar-refractivity contribution in [1.82, 2.24) is 15.2 Å². The highest BCUT2D eigenvalue weighted by Crippen LogP contribution is 2.25. The molecule has 4 nitrogen and oxygen atoms in total. The smallest absolute Gasteiger partial charge is 0.254 e. The number of likely N-dealkylation sites (tertiary alicyclic amines) is 1. The van der Waals surface area contributed by atoms with Crippen molar-refractivity contribution in [2.75, 3.05) is 26.7 Å². The third-order valence-corrected chi connectivity index (χ3v) is 4.92. The molecular formula is C18H22BrN3O. The summed E-state index contributed by atoms with van der Waals surface area (Å²) in [6.07, 6.45) is 2.26.